The molecule has 0 unspecified atom stereocenters. The van der Waals surface area contributed by atoms with Gasteiger partial charge in [-0.25, -0.2) is 0 Å². The van der Waals surface area contributed by atoms with Crippen LogP contribution in [-0.2, 0) is 10.1 Å². The third-order valence-corrected chi connectivity index (χ3v) is 3.46. The molecule has 1 aromatic carbocycles. The molecule has 0 spiro atoms. The largest absolute Gasteiger partial charge is 0.534 e. The number of rotatable bonds is 2. The summed E-state index contributed by atoms with van der Waals surface area (Å²) in [5, 5.41) is 0.627. The second-order valence-electron chi connectivity index (χ2n) is 4.13. The van der Waals surface area contributed by atoms with Crippen molar-refractivity contribution in [3.05, 3.63) is 61.1 Å². The van der Waals surface area contributed by atoms with Crippen LogP contribution in [0.3, 0.4) is 0 Å². The Kier molecular flexibility index (Phi) is 4.89. The highest BCUT2D eigenvalue weighted by molar-refractivity contribution is 7.88. The van der Waals surface area contributed by atoms with Gasteiger partial charge in [-0.15, -0.1) is 0 Å². The van der Waals surface area contributed by atoms with Crippen molar-refractivity contribution in [1.82, 2.24) is 4.98 Å². The average molecular weight is 345 g/mol. The third-order valence-electron chi connectivity index (χ3n) is 2.48. The maximum Gasteiger partial charge on any atom is 0.534 e. The first-order valence-electron chi connectivity index (χ1n) is 6.12. The van der Waals surface area contributed by atoms with E-state index in [1.807, 2.05) is 18.2 Å². The summed E-state index contributed by atoms with van der Waals surface area (Å²) in [5.41, 5.74) is -5.22. The Morgan fingerprint density at radius 1 is 1.04 bits per heavy atom. The molecule has 0 atom stereocenters. The van der Waals surface area contributed by atoms with E-state index in [2.05, 4.69) is 9.17 Å². The van der Waals surface area contributed by atoms with E-state index < -0.39 is 21.4 Å². The van der Waals surface area contributed by atoms with E-state index >= 15 is 0 Å². The van der Waals surface area contributed by atoms with Crippen molar-refractivity contribution >= 4 is 21.1 Å². The SMILES string of the molecule is O=S(=O)(Oc1ccc2ccoc2c1)C(F)(F)F.c1ccncc1. The maximum absolute atomic E-state index is 12.0. The summed E-state index contributed by atoms with van der Waals surface area (Å²) >= 11 is 0. The minimum Gasteiger partial charge on any atom is -0.464 e. The Morgan fingerprint density at radius 2 is 1.74 bits per heavy atom. The summed E-state index contributed by atoms with van der Waals surface area (Å²) in [4.78, 5) is 3.78. The smallest absolute Gasteiger partial charge is 0.464 e. The predicted molar refractivity (Wildman–Crippen MR) is 76.1 cm³/mol. The number of alkyl halides is 3. The van der Waals surface area contributed by atoms with Crippen molar-refractivity contribution in [3.63, 3.8) is 0 Å². The molecule has 0 bridgehead atoms. The highest BCUT2D eigenvalue weighted by Crippen LogP contribution is 2.28. The van der Waals surface area contributed by atoms with Gasteiger partial charge in [-0.05, 0) is 30.3 Å². The zero-order valence-electron chi connectivity index (χ0n) is 11.4. The molecule has 0 radical (unpaired) electrons. The van der Waals surface area contributed by atoms with Crippen LogP contribution in [0.1, 0.15) is 0 Å². The second-order valence-corrected chi connectivity index (χ2v) is 5.67. The summed E-state index contributed by atoms with van der Waals surface area (Å²) in [7, 11) is -5.64. The molecule has 0 N–H and O–H groups in total. The molecule has 122 valence electrons. The van der Waals surface area contributed by atoms with Gasteiger partial charge in [0.15, 0.2) is 0 Å². The second kappa shape index (κ2) is 6.69. The number of aromatic nitrogens is 1. The van der Waals surface area contributed by atoms with Crippen LogP contribution in [-0.4, -0.2) is 18.9 Å². The van der Waals surface area contributed by atoms with Crippen LogP contribution in [0.2, 0.25) is 0 Å². The fourth-order valence-corrected chi connectivity index (χ4v) is 1.92. The highest BCUT2D eigenvalue weighted by Gasteiger charge is 2.48. The van der Waals surface area contributed by atoms with Crippen molar-refractivity contribution in [2.24, 2.45) is 0 Å². The Bertz CT molecular complexity index is 834. The standard InChI is InChI=1S/C9H5F3O4S.C5H5N/c10-9(11,12)17(13,14)16-7-2-1-6-3-4-15-8(6)5-7;1-2-4-6-5-3-1/h1-5H;1-5H. The Morgan fingerprint density at radius 3 is 2.26 bits per heavy atom. The molecule has 2 heterocycles. The average Bonchev–Trinajstić information content (AvgIpc) is 2.95. The van der Waals surface area contributed by atoms with Gasteiger partial charge in [0.05, 0.1) is 6.26 Å². The van der Waals surface area contributed by atoms with Crippen LogP contribution in [0, 0.1) is 0 Å². The van der Waals surface area contributed by atoms with Crippen molar-refractivity contribution < 1.29 is 30.2 Å². The fourth-order valence-electron chi connectivity index (χ4n) is 1.47. The molecular weight excluding hydrogens is 335 g/mol. The number of benzene rings is 1. The molecule has 5 nitrogen and oxygen atoms in total. The summed E-state index contributed by atoms with van der Waals surface area (Å²) in [6.07, 6.45) is 4.83. The number of pyridine rings is 1. The van der Waals surface area contributed by atoms with E-state index in [9.17, 15) is 21.6 Å². The summed E-state index contributed by atoms with van der Waals surface area (Å²) in [6, 6.07) is 10.9. The van der Waals surface area contributed by atoms with E-state index in [1.54, 1.807) is 18.5 Å². The van der Waals surface area contributed by atoms with E-state index in [4.69, 9.17) is 4.42 Å². The number of fused-ring (bicyclic) bond motifs is 1. The van der Waals surface area contributed by atoms with Crippen LogP contribution in [0.4, 0.5) is 13.2 Å². The molecule has 23 heavy (non-hydrogen) atoms. The monoisotopic (exact) mass is 345 g/mol. The lowest BCUT2D eigenvalue weighted by Gasteiger charge is -2.08. The lowest BCUT2D eigenvalue weighted by Crippen LogP contribution is -2.27. The first-order chi connectivity index (χ1) is 10.8. The van der Waals surface area contributed by atoms with Gasteiger partial charge in [-0.1, -0.05) is 6.07 Å². The van der Waals surface area contributed by atoms with Gasteiger partial charge in [-0.3, -0.25) is 4.98 Å². The Balaban J connectivity index is 0.000000268. The normalized spacial score (nSPS) is 11.6. The molecule has 2 aromatic heterocycles. The molecule has 3 rings (SSSR count). The number of nitrogens with zero attached hydrogens (tertiary/aromatic N) is 1. The van der Waals surface area contributed by atoms with E-state index in [1.165, 1.54) is 12.3 Å². The lowest BCUT2D eigenvalue weighted by molar-refractivity contribution is -0.0500. The quantitative estimate of drug-likeness (QED) is 0.523. The van der Waals surface area contributed by atoms with E-state index in [0.717, 1.165) is 12.1 Å². The topological polar surface area (TPSA) is 69.4 Å². The van der Waals surface area contributed by atoms with Gasteiger partial charge in [-0.2, -0.15) is 21.6 Å². The number of hydrogen-bond donors (Lipinski definition) is 0. The molecule has 0 amide bonds. The van der Waals surface area contributed by atoms with E-state index in [-0.39, 0.29) is 5.58 Å². The summed E-state index contributed by atoms with van der Waals surface area (Å²) in [5.74, 6) is -0.454. The number of furan rings is 1. The van der Waals surface area contributed by atoms with Crippen molar-refractivity contribution in [2.75, 3.05) is 0 Å². The molecule has 0 fully saturated rings. The van der Waals surface area contributed by atoms with Crippen LogP contribution in [0.5, 0.6) is 5.75 Å². The molecule has 0 aliphatic rings. The number of halogens is 3. The molecule has 0 aliphatic heterocycles. The Labute approximate surface area is 129 Å². The van der Waals surface area contributed by atoms with Crippen molar-refractivity contribution in [1.29, 1.82) is 0 Å². The predicted octanol–water partition coefficient (Wildman–Crippen LogP) is 3.74. The van der Waals surface area contributed by atoms with Gasteiger partial charge in [0.25, 0.3) is 0 Å². The minimum atomic E-state index is -5.64. The van der Waals surface area contributed by atoms with E-state index in [0.29, 0.717) is 5.39 Å². The maximum atomic E-state index is 12.0. The first-order valence-corrected chi connectivity index (χ1v) is 7.53. The summed E-state index contributed by atoms with van der Waals surface area (Å²) in [6.45, 7) is 0. The molecule has 0 saturated carbocycles. The van der Waals surface area contributed by atoms with Crippen molar-refractivity contribution in [2.45, 2.75) is 5.51 Å². The van der Waals surface area contributed by atoms with Gasteiger partial charge in [0, 0.05) is 23.8 Å². The highest BCUT2D eigenvalue weighted by atomic mass is 32.2. The van der Waals surface area contributed by atoms with Gasteiger partial charge in [0.2, 0.25) is 0 Å². The first kappa shape index (κ1) is 16.8. The minimum absolute atomic E-state index is 0.236. The molecular formula is C14H10F3NO4S. The van der Waals surface area contributed by atoms with Gasteiger partial charge < -0.3 is 8.60 Å². The van der Waals surface area contributed by atoms with Crippen LogP contribution < -0.4 is 4.18 Å². The number of hydrogen-bond acceptors (Lipinski definition) is 5. The molecule has 3 aromatic rings. The summed E-state index contributed by atoms with van der Waals surface area (Å²) < 4.78 is 66.4. The zero-order valence-corrected chi connectivity index (χ0v) is 12.2. The van der Waals surface area contributed by atoms with Crippen LogP contribution in [0.25, 0.3) is 11.0 Å². The third kappa shape index (κ3) is 4.46. The molecule has 0 saturated heterocycles. The van der Waals surface area contributed by atoms with Gasteiger partial charge in [0.1, 0.15) is 11.3 Å². The zero-order chi connectivity index (χ0) is 16.9. The fraction of sp³-hybridized carbons (Fsp3) is 0.0714. The molecule has 9 heteroatoms. The molecule has 0 aliphatic carbocycles. The van der Waals surface area contributed by atoms with Crippen LogP contribution >= 0.6 is 0 Å². The Hall–Kier alpha value is -2.55. The van der Waals surface area contributed by atoms with Crippen LogP contribution in [0.15, 0.2) is 65.5 Å². The van der Waals surface area contributed by atoms with Gasteiger partial charge >= 0.3 is 15.6 Å². The lowest BCUT2D eigenvalue weighted by atomic mass is 10.2. The van der Waals surface area contributed by atoms with Crippen molar-refractivity contribution in [3.8, 4) is 5.75 Å².